The third-order valence-electron chi connectivity index (χ3n) is 4.04. The van der Waals surface area contributed by atoms with Crippen LogP contribution in [0.2, 0.25) is 0 Å². The number of carbonyl (C=O) groups excluding carboxylic acids is 1. The second-order valence-electron chi connectivity index (χ2n) is 5.45. The molecule has 3 aliphatic rings. The van der Waals surface area contributed by atoms with Crippen LogP contribution in [0.3, 0.4) is 0 Å². The first kappa shape index (κ1) is 14.0. The fourth-order valence-corrected chi connectivity index (χ4v) is 4.41. The normalized spacial score (nSPS) is 27.9. The van der Waals surface area contributed by atoms with Crippen LogP contribution in [-0.2, 0) is 21.4 Å². The summed E-state index contributed by atoms with van der Waals surface area (Å²) < 4.78 is 25.0. The maximum Gasteiger partial charge on any atom is 0.227 e. The highest BCUT2D eigenvalue weighted by Gasteiger charge is 2.42. The predicted molar refractivity (Wildman–Crippen MR) is 75.6 cm³/mol. The molecule has 0 unspecified atom stereocenters. The van der Waals surface area contributed by atoms with E-state index in [0.717, 1.165) is 18.5 Å². The zero-order valence-electron chi connectivity index (χ0n) is 11.2. The Bertz CT molecular complexity index is 599. The van der Waals surface area contributed by atoms with Crippen molar-refractivity contribution < 1.29 is 13.2 Å². The highest BCUT2D eigenvalue weighted by atomic mass is 32.2. The lowest BCUT2D eigenvalue weighted by Gasteiger charge is -2.35. The first-order valence-electron chi connectivity index (χ1n) is 6.58. The lowest BCUT2D eigenvalue weighted by Crippen LogP contribution is -2.47. The zero-order valence-corrected chi connectivity index (χ0v) is 12.9. The maximum atomic E-state index is 12.5. The summed E-state index contributed by atoms with van der Waals surface area (Å²) in [6.07, 6.45) is 2.86. The third-order valence-corrected chi connectivity index (χ3v) is 5.92. The van der Waals surface area contributed by atoms with E-state index in [0.29, 0.717) is 19.6 Å². The summed E-state index contributed by atoms with van der Waals surface area (Å²) in [6, 6.07) is -0.0299. The monoisotopic (exact) mass is 315 g/mol. The average Bonchev–Trinajstić information content (AvgIpc) is 2.72. The molecular weight excluding hydrogens is 298 g/mol. The third kappa shape index (κ3) is 2.59. The number of hydrogen-bond donors (Lipinski definition) is 0. The molecule has 1 amide bonds. The molecule has 6 nitrogen and oxygen atoms in total. The van der Waals surface area contributed by atoms with Crippen molar-refractivity contribution in [2.75, 3.05) is 19.3 Å². The number of sulfonamides is 1. The molecule has 0 N–H and O–H groups in total. The van der Waals surface area contributed by atoms with Gasteiger partial charge in [-0.1, -0.05) is 0 Å². The summed E-state index contributed by atoms with van der Waals surface area (Å²) in [6.45, 7) is 1.22. The Labute approximate surface area is 122 Å². The molecule has 0 aromatic carbocycles. The van der Waals surface area contributed by atoms with Crippen LogP contribution in [-0.4, -0.2) is 53.9 Å². The molecule has 20 heavy (non-hydrogen) atoms. The largest absolute Gasteiger partial charge is 0.332 e. The Kier molecular flexibility index (Phi) is 3.55. The molecule has 1 aromatic rings. The van der Waals surface area contributed by atoms with Crippen LogP contribution in [0.4, 0.5) is 0 Å². The van der Waals surface area contributed by atoms with Crippen LogP contribution in [0.15, 0.2) is 10.9 Å². The van der Waals surface area contributed by atoms with Crippen molar-refractivity contribution in [1.82, 2.24) is 14.2 Å². The van der Waals surface area contributed by atoms with Crippen LogP contribution in [0.25, 0.3) is 0 Å². The van der Waals surface area contributed by atoms with E-state index < -0.39 is 10.0 Å². The van der Waals surface area contributed by atoms with Gasteiger partial charge in [0, 0.05) is 24.5 Å². The topological polar surface area (TPSA) is 70.6 Å². The Hall–Kier alpha value is -0.990. The van der Waals surface area contributed by atoms with Gasteiger partial charge in [0.1, 0.15) is 0 Å². The maximum absolute atomic E-state index is 12.5. The Balaban J connectivity index is 1.85. The number of thiazole rings is 1. The summed E-state index contributed by atoms with van der Waals surface area (Å²) >= 11 is 1.50. The summed E-state index contributed by atoms with van der Waals surface area (Å²) in [7, 11) is -3.24. The van der Waals surface area contributed by atoms with Gasteiger partial charge in [0.25, 0.3) is 0 Å². The first-order valence-corrected chi connectivity index (χ1v) is 9.37. The van der Waals surface area contributed by atoms with Crippen molar-refractivity contribution >= 4 is 27.3 Å². The van der Waals surface area contributed by atoms with E-state index >= 15 is 0 Å². The van der Waals surface area contributed by atoms with Crippen LogP contribution < -0.4 is 0 Å². The number of nitrogens with zero attached hydrogens (tertiary/aromatic N) is 3. The fourth-order valence-electron chi connectivity index (χ4n) is 2.97. The van der Waals surface area contributed by atoms with E-state index in [4.69, 9.17) is 0 Å². The molecule has 0 saturated carbocycles. The smallest absolute Gasteiger partial charge is 0.227 e. The number of carbonyl (C=O) groups is 1. The number of hydrogen-bond acceptors (Lipinski definition) is 5. The second-order valence-corrected chi connectivity index (χ2v) is 8.16. The molecular formula is C12H17N3O3S2. The van der Waals surface area contributed by atoms with Gasteiger partial charge in [-0.2, -0.15) is 4.31 Å². The van der Waals surface area contributed by atoms with Gasteiger partial charge in [0.15, 0.2) is 0 Å². The molecule has 2 bridgehead atoms. The molecule has 1 aromatic heterocycles. The molecule has 0 spiro atoms. The predicted octanol–water partition coefficient (Wildman–Crippen LogP) is 0.525. The van der Waals surface area contributed by atoms with Gasteiger partial charge in [0.2, 0.25) is 15.9 Å². The van der Waals surface area contributed by atoms with Crippen molar-refractivity contribution in [3.05, 3.63) is 16.6 Å². The average molecular weight is 315 g/mol. The number of piperidine rings is 1. The van der Waals surface area contributed by atoms with Gasteiger partial charge in [-0.25, -0.2) is 13.4 Å². The van der Waals surface area contributed by atoms with Crippen molar-refractivity contribution in [3.8, 4) is 0 Å². The molecule has 8 heteroatoms. The van der Waals surface area contributed by atoms with Gasteiger partial charge >= 0.3 is 0 Å². The highest BCUT2D eigenvalue weighted by molar-refractivity contribution is 7.88. The van der Waals surface area contributed by atoms with E-state index in [1.165, 1.54) is 21.9 Å². The summed E-state index contributed by atoms with van der Waals surface area (Å²) in [4.78, 5) is 18.5. The molecule has 3 saturated heterocycles. The van der Waals surface area contributed by atoms with Gasteiger partial charge in [-0.15, -0.1) is 11.3 Å². The molecule has 2 atom stereocenters. The van der Waals surface area contributed by atoms with Gasteiger partial charge < -0.3 is 4.90 Å². The highest BCUT2D eigenvalue weighted by Crippen LogP contribution is 2.31. The van der Waals surface area contributed by atoms with E-state index in [-0.39, 0.29) is 17.9 Å². The Morgan fingerprint density at radius 2 is 2.20 bits per heavy atom. The summed E-state index contributed by atoms with van der Waals surface area (Å²) in [5.41, 5.74) is 2.63. The van der Waals surface area contributed by atoms with Crippen molar-refractivity contribution in [3.63, 3.8) is 0 Å². The SMILES string of the molecule is CS(=O)(=O)N1C[C@@H]2CC[C@H](C1)N(Cc1cscn1)C2=O. The van der Waals surface area contributed by atoms with E-state index in [1.807, 2.05) is 10.3 Å². The lowest BCUT2D eigenvalue weighted by molar-refractivity contribution is -0.140. The Morgan fingerprint density at radius 1 is 1.40 bits per heavy atom. The fraction of sp³-hybridized carbons (Fsp3) is 0.667. The number of aromatic nitrogens is 1. The molecule has 4 rings (SSSR count). The Morgan fingerprint density at radius 3 is 2.85 bits per heavy atom. The molecule has 3 fully saturated rings. The zero-order chi connectivity index (χ0) is 14.3. The summed E-state index contributed by atoms with van der Waals surface area (Å²) in [5.74, 6) is -0.137. The van der Waals surface area contributed by atoms with Gasteiger partial charge in [0.05, 0.1) is 29.9 Å². The van der Waals surface area contributed by atoms with Crippen molar-refractivity contribution in [2.24, 2.45) is 5.92 Å². The minimum atomic E-state index is -3.24. The van der Waals surface area contributed by atoms with Crippen LogP contribution >= 0.6 is 11.3 Å². The minimum Gasteiger partial charge on any atom is -0.332 e. The van der Waals surface area contributed by atoms with Gasteiger partial charge in [-0.05, 0) is 12.8 Å². The molecule has 0 aliphatic carbocycles. The standard InChI is InChI=1S/C12H17N3O3S2/c1-20(17,18)14-4-9-2-3-11(6-14)15(12(9)16)5-10-7-19-8-13-10/h7-9,11H,2-6H2,1H3/t9-,11+/m0/s1. The quantitative estimate of drug-likeness (QED) is 0.815. The lowest BCUT2D eigenvalue weighted by atomic mass is 9.94. The van der Waals surface area contributed by atoms with Crippen LogP contribution in [0.1, 0.15) is 18.5 Å². The van der Waals surface area contributed by atoms with Gasteiger partial charge in [-0.3, -0.25) is 4.79 Å². The summed E-state index contributed by atoms with van der Waals surface area (Å²) in [5, 5.41) is 1.93. The molecule has 4 heterocycles. The van der Waals surface area contributed by atoms with Crippen molar-refractivity contribution in [1.29, 1.82) is 0 Å². The number of fused-ring (bicyclic) bond motifs is 4. The van der Waals surface area contributed by atoms with E-state index in [2.05, 4.69) is 4.98 Å². The second kappa shape index (κ2) is 5.09. The molecule has 0 radical (unpaired) electrons. The number of rotatable bonds is 3. The van der Waals surface area contributed by atoms with E-state index in [1.54, 1.807) is 5.51 Å². The van der Waals surface area contributed by atoms with Crippen LogP contribution in [0.5, 0.6) is 0 Å². The minimum absolute atomic E-state index is 0.0299. The molecule has 3 aliphatic heterocycles. The first-order chi connectivity index (χ1) is 9.45. The van der Waals surface area contributed by atoms with E-state index in [9.17, 15) is 13.2 Å². The van der Waals surface area contributed by atoms with Crippen LogP contribution in [0, 0.1) is 5.92 Å². The van der Waals surface area contributed by atoms with Crippen molar-refractivity contribution in [2.45, 2.75) is 25.4 Å². The number of amides is 1. The molecule has 110 valence electrons.